The minimum Gasteiger partial charge on any atom is -0.466 e. The van der Waals surface area contributed by atoms with Crippen LogP contribution in [0.3, 0.4) is 0 Å². The minimum atomic E-state index is -0.290. The lowest BCUT2D eigenvalue weighted by atomic mass is 9.97. The molecule has 3 rings (SSSR count). The highest BCUT2D eigenvalue weighted by Crippen LogP contribution is 2.22. The Morgan fingerprint density at radius 1 is 1.10 bits per heavy atom. The summed E-state index contributed by atoms with van der Waals surface area (Å²) >= 11 is 6.12. The van der Waals surface area contributed by atoms with Gasteiger partial charge in [0.05, 0.1) is 19.1 Å². The van der Waals surface area contributed by atoms with Gasteiger partial charge in [-0.15, -0.1) is 0 Å². The molecule has 2 aliphatic heterocycles. The summed E-state index contributed by atoms with van der Waals surface area (Å²) in [5, 5.41) is 0.440. The lowest BCUT2D eigenvalue weighted by Gasteiger charge is -2.37. The first kappa shape index (κ1) is 22.0. The molecule has 2 aliphatic rings. The Morgan fingerprint density at radius 2 is 1.79 bits per heavy atom. The van der Waals surface area contributed by atoms with Crippen molar-refractivity contribution in [3.8, 4) is 0 Å². The Hall–Kier alpha value is -1.70. The van der Waals surface area contributed by atoms with Gasteiger partial charge in [0, 0.05) is 43.3 Å². The number of hydrogen-bond donors (Lipinski definition) is 0. The van der Waals surface area contributed by atoms with Crippen LogP contribution in [0.1, 0.15) is 25.3 Å². The number of hydrogen-bond acceptors (Lipinski definition) is 5. The molecule has 8 heteroatoms. The third kappa shape index (κ3) is 5.90. The van der Waals surface area contributed by atoms with Gasteiger partial charge < -0.3 is 9.64 Å². The third-order valence-electron chi connectivity index (χ3n) is 5.73. The number of ether oxygens (including phenoxy) is 1. The normalized spacial score (nSPS) is 19.3. The Kier molecular flexibility index (Phi) is 7.86. The smallest absolute Gasteiger partial charge is 0.309 e. The number of carbonyl (C=O) groups excluding carboxylic acids is 2. The van der Waals surface area contributed by atoms with Crippen LogP contribution in [0.5, 0.6) is 0 Å². The summed E-state index contributed by atoms with van der Waals surface area (Å²) in [6.45, 7) is 7.19. The molecule has 0 bridgehead atoms. The molecule has 0 atom stereocenters. The van der Waals surface area contributed by atoms with Gasteiger partial charge in [0.25, 0.3) is 0 Å². The SMILES string of the molecule is CCOC(=O)C1CCN(CC(=O)N2CCN(Cc3c(F)cccc3Cl)CC2)CC1. The molecule has 0 saturated carbocycles. The van der Waals surface area contributed by atoms with Crippen LogP contribution >= 0.6 is 11.6 Å². The van der Waals surface area contributed by atoms with Gasteiger partial charge >= 0.3 is 5.97 Å². The van der Waals surface area contributed by atoms with Crippen LogP contribution in [0.2, 0.25) is 5.02 Å². The highest BCUT2D eigenvalue weighted by molar-refractivity contribution is 6.31. The second-order valence-electron chi connectivity index (χ2n) is 7.66. The number of esters is 1. The second-order valence-corrected chi connectivity index (χ2v) is 8.07. The van der Waals surface area contributed by atoms with Gasteiger partial charge in [-0.2, -0.15) is 0 Å². The first-order chi connectivity index (χ1) is 14.0. The van der Waals surface area contributed by atoms with Gasteiger partial charge in [0.1, 0.15) is 5.82 Å². The monoisotopic (exact) mass is 425 g/mol. The summed E-state index contributed by atoms with van der Waals surface area (Å²) in [6.07, 6.45) is 1.48. The molecule has 0 N–H and O–H groups in total. The van der Waals surface area contributed by atoms with Crippen molar-refractivity contribution in [1.82, 2.24) is 14.7 Å². The molecule has 0 spiro atoms. The van der Waals surface area contributed by atoms with E-state index in [0.717, 1.165) is 25.9 Å². The van der Waals surface area contributed by atoms with Gasteiger partial charge in [0.15, 0.2) is 0 Å². The zero-order chi connectivity index (χ0) is 20.8. The topological polar surface area (TPSA) is 53.1 Å². The summed E-state index contributed by atoms with van der Waals surface area (Å²) < 4.78 is 19.1. The van der Waals surface area contributed by atoms with Crippen molar-refractivity contribution in [3.05, 3.63) is 34.6 Å². The predicted molar refractivity (Wildman–Crippen MR) is 109 cm³/mol. The van der Waals surface area contributed by atoms with Crippen molar-refractivity contribution in [2.24, 2.45) is 5.92 Å². The van der Waals surface area contributed by atoms with E-state index in [1.165, 1.54) is 6.07 Å². The maximum Gasteiger partial charge on any atom is 0.309 e. The van der Waals surface area contributed by atoms with Gasteiger partial charge in [-0.1, -0.05) is 17.7 Å². The van der Waals surface area contributed by atoms with Crippen LogP contribution in [0.15, 0.2) is 18.2 Å². The third-order valence-corrected chi connectivity index (χ3v) is 6.09. The number of amides is 1. The van der Waals surface area contributed by atoms with Gasteiger partial charge in [-0.3, -0.25) is 19.4 Å². The summed E-state index contributed by atoms with van der Waals surface area (Å²) in [5.74, 6) is -0.343. The van der Waals surface area contributed by atoms with Gasteiger partial charge in [-0.25, -0.2) is 4.39 Å². The van der Waals surface area contributed by atoms with Crippen molar-refractivity contribution in [1.29, 1.82) is 0 Å². The number of halogens is 2. The van der Waals surface area contributed by atoms with E-state index < -0.39 is 0 Å². The summed E-state index contributed by atoms with van der Waals surface area (Å²) in [5.41, 5.74) is 0.512. The highest BCUT2D eigenvalue weighted by atomic mass is 35.5. The minimum absolute atomic E-state index is 0.0462. The Balaban J connectivity index is 1.41. The number of benzene rings is 1. The van der Waals surface area contributed by atoms with E-state index >= 15 is 0 Å². The molecular formula is C21H29ClFN3O3. The van der Waals surface area contributed by atoms with E-state index in [-0.39, 0.29) is 23.6 Å². The fraction of sp³-hybridized carbons (Fsp3) is 0.619. The molecule has 1 aromatic carbocycles. The standard InChI is InChI=1S/C21H29ClFN3O3/c1-2-29-21(28)16-6-8-24(9-7-16)15-20(27)26-12-10-25(11-13-26)14-17-18(22)4-3-5-19(17)23/h3-5,16H,2,6-15H2,1H3. The Bertz CT molecular complexity index is 697. The van der Waals surface area contributed by atoms with Gasteiger partial charge in [-0.05, 0) is 45.0 Å². The molecule has 29 heavy (non-hydrogen) atoms. The molecule has 0 radical (unpaired) electrons. The van der Waals surface area contributed by atoms with E-state index in [0.29, 0.717) is 56.5 Å². The largest absolute Gasteiger partial charge is 0.466 e. The highest BCUT2D eigenvalue weighted by Gasteiger charge is 2.29. The van der Waals surface area contributed by atoms with Crippen molar-refractivity contribution in [2.45, 2.75) is 26.3 Å². The van der Waals surface area contributed by atoms with Crippen LogP contribution in [-0.2, 0) is 20.9 Å². The summed E-state index contributed by atoms with van der Waals surface area (Å²) in [7, 11) is 0. The summed E-state index contributed by atoms with van der Waals surface area (Å²) in [6, 6.07) is 4.73. The molecule has 0 aromatic heterocycles. The van der Waals surface area contributed by atoms with E-state index in [4.69, 9.17) is 16.3 Å². The molecule has 2 heterocycles. The van der Waals surface area contributed by atoms with Crippen LogP contribution in [0.25, 0.3) is 0 Å². The average Bonchev–Trinajstić information content (AvgIpc) is 2.72. The van der Waals surface area contributed by atoms with E-state index in [1.807, 2.05) is 11.8 Å². The summed E-state index contributed by atoms with van der Waals surface area (Å²) in [4.78, 5) is 30.6. The molecule has 0 unspecified atom stereocenters. The van der Waals surface area contributed by atoms with Crippen molar-refractivity contribution in [3.63, 3.8) is 0 Å². The van der Waals surface area contributed by atoms with Crippen molar-refractivity contribution in [2.75, 3.05) is 52.4 Å². The fourth-order valence-corrected chi connectivity index (χ4v) is 4.16. The maximum atomic E-state index is 14.0. The van der Waals surface area contributed by atoms with E-state index in [1.54, 1.807) is 12.1 Å². The Labute approximate surface area is 176 Å². The molecule has 1 amide bonds. The van der Waals surface area contributed by atoms with Crippen LogP contribution in [0.4, 0.5) is 4.39 Å². The molecule has 2 fully saturated rings. The number of nitrogens with zero attached hydrogens (tertiary/aromatic N) is 3. The number of piperidine rings is 1. The zero-order valence-corrected chi connectivity index (χ0v) is 17.7. The van der Waals surface area contributed by atoms with Crippen molar-refractivity contribution >= 4 is 23.5 Å². The molecular weight excluding hydrogens is 397 g/mol. The second kappa shape index (κ2) is 10.4. The van der Waals surface area contributed by atoms with E-state index in [9.17, 15) is 14.0 Å². The average molecular weight is 426 g/mol. The molecule has 1 aromatic rings. The Morgan fingerprint density at radius 3 is 2.41 bits per heavy atom. The first-order valence-corrected chi connectivity index (χ1v) is 10.7. The van der Waals surface area contributed by atoms with Crippen molar-refractivity contribution < 1.29 is 18.7 Å². The lowest BCUT2D eigenvalue weighted by molar-refractivity contribution is -0.149. The molecule has 160 valence electrons. The number of carbonyl (C=O) groups is 2. The molecule has 0 aliphatic carbocycles. The van der Waals surface area contributed by atoms with Gasteiger partial charge in [0.2, 0.25) is 5.91 Å². The number of likely N-dealkylation sites (tertiary alicyclic amines) is 1. The van der Waals surface area contributed by atoms with Crippen LogP contribution in [-0.4, -0.2) is 79.0 Å². The van der Waals surface area contributed by atoms with Crippen LogP contribution < -0.4 is 0 Å². The first-order valence-electron chi connectivity index (χ1n) is 10.3. The lowest BCUT2D eigenvalue weighted by Crippen LogP contribution is -2.51. The zero-order valence-electron chi connectivity index (χ0n) is 16.9. The molecule has 2 saturated heterocycles. The number of rotatable bonds is 6. The predicted octanol–water partition coefficient (Wildman–Crippen LogP) is 2.40. The molecule has 6 nitrogen and oxygen atoms in total. The van der Waals surface area contributed by atoms with Crippen LogP contribution in [0, 0.1) is 11.7 Å². The fourth-order valence-electron chi connectivity index (χ4n) is 3.94. The maximum absolute atomic E-state index is 14.0. The number of piperazine rings is 1. The quantitative estimate of drug-likeness (QED) is 0.655. The van der Waals surface area contributed by atoms with E-state index in [2.05, 4.69) is 9.80 Å².